The van der Waals surface area contributed by atoms with Crippen LogP contribution < -0.4 is 0 Å². The van der Waals surface area contributed by atoms with E-state index >= 15 is 0 Å². The van der Waals surface area contributed by atoms with Gasteiger partial charge in [-0.2, -0.15) is 0 Å². The van der Waals surface area contributed by atoms with Gasteiger partial charge in [-0.15, -0.1) is 0 Å². The van der Waals surface area contributed by atoms with E-state index < -0.39 is 31.4 Å². The summed E-state index contributed by atoms with van der Waals surface area (Å²) in [7, 11) is 0. The van der Waals surface area contributed by atoms with E-state index in [2.05, 4.69) is 0 Å². The third-order valence-electron chi connectivity index (χ3n) is 2.74. The maximum absolute atomic E-state index is 13.2. The van der Waals surface area contributed by atoms with E-state index in [4.69, 9.17) is 0 Å². The smallest absolute Gasteiger partial charge is 0.278 e. The summed E-state index contributed by atoms with van der Waals surface area (Å²) in [5.74, 6) is -3.70. The highest BCUT2D eigenvalue weighted by Gasteiger charge is 2.40. The molecule has 21 heavy (non-hydrogen) atoms. The Labute approximate surface area is 123 Å². The van der Waals surface area contributed by atoms with Crippen LogP contribution in [0.15, 0.2) is 30.3 Å². The van der Waals surface area contributed by atoms with Crippen LogP contribution in [0.5, 0.6) is 0 Å². The third kappa shape index (κ3) is 6.46. The normalized spacial score (nSPS) is 13.4. The molecular formula is C14H15F5OS. The zero-order valence-corrected chi connectivity index (χ0v) is 11.9. The lowest BCUT2D eigenvalue weighted by Crippen LogP contribution is -2.31. The largest absolute Gasteiger partial charge is 0.282 e. The second-order valence-electron chi connectivity index (χ2n) is 4.46. The molecule has 0 saturated heterocycles. The van der Waals surface area contributed by atoms with E-state index in [0.717, 1.165) is 11.8 Å². The molecule has 0 aliphatic rings. The number of carbonyl (C=O) groups excluding carboxylic acids is 1. The molecule has 0 radical (unpaired) electrons. The summed E-state index contributed by atoms with van der Waals surface area (Å²) in [6.45, 7) is 0. The number of benzene rings is 1. The first-order chi connectivity index (χ1) is 9.83. The minimum atomic E-state index is -3.78. The number of hydrogen-bond acceptors (Lipinski definition) is 2. The van der Waals surface area contributed by atoms with Crippen LogP contribution in [0, 0.1) is 0 Å². The van der Waals surface area contributed by atoms with Crippen LogP contribution >= 0.6 is 11.8 Å². The molecule has 0 amide bonds. The standard InChI is InChI=1S/C14H15F5OS/c15-11(9-12(16)17)14(18,19)7-4-8-21-13(20)10-5-2-1-3-6-10/h1-3,5-6,11-12H,4,7-9H2. The summed E-state index contributed by atoms with van der Waals surface area (Å²) in [4.78, 5) is 11.7. The number of alkyl halides is 5. The number of rotatable bonds is 8. The fourth-order valence-electron chi connectivity index (χ4n) is 1.62. The van der Waals surface area contributed by atoms with E-state index in [1.54, 1.807) is 30.3 Å². The Bertz CT molecular complexity index is 438. The van der Waals surface area contributed by atoms with Crippen molar-refractivity contribution in [1.29, 1.82) is 0 Å². The van der Waals surface area contributed by atoms with Crippen LogP contribution in [-0.4, -0.2) is 29.4 Å². The van der Waals surface area contributed by atoms with Crippen LogP contribution in [0.4, 0.5) is 22.0 Å². The van der Waals surface area contributed by atoms with Gasteiger partial charge in [0.15, 0.2) is 6.17 Å². The van der Waals surface area contributed by atoms with Gasteiger partial charge in [-0.1, -0.05) is 42.1 Å². The van der Waals surface area contributed by atoms with E-state index in [-0.39, 0.29) is 17.3 Å². The average molecular weight is 326 g/mol. The van der Waals surface area contributed by atoms with E-state index in [9.17, 15) is 26.7 Å². The van der Waals surface area contributed by atoms with Crippen molar-refractivity contribution in [2.45, 2.75) is 37.8 Å². The molecule has 1 unspecified atom stereocenters. The molecule has 118 valence electrons. The SMILES string of the molecule is O=C(SCCCC(F)(F)C(F)CC(F)F)c1ccccc1. The quantitative estimate of drug-likeness (QED) is 0.496. The maximum atomic E-state index is 13.2. The highest BCUT2D eigenvalue weighted by Crippen LogP contribution is 2.31. The lowest BCUT2D eigenvalue weighted by Gasteiger charge is -2.20. The molecule has 1 aromatic rings. The zero-order valence-electron chi connectivity index (χ0n) is 11.1. The highest BCUT2D eigenvalue weighted by molar-refractivity contribution is 8.14. The Morgan fingerprint density at radius 3 is 2.33 bits per heavy atom. The average Bonchev–Trinajstić information content (AvgIpc) is 2.43. The van der Waals surface area contributed by atoms with Gasteiger partial charge in [-0.25, -0.2) is 22.0 Å². The highest BCUT2D eigenvalue weighted by atomic mass is 32.2. The van der Waals surface area contributed by atoms with Crippen molar-refractivity contribution in [2.24, 2.45) is 0 Å². The topological polar surface area (TPSA) is 17.1 Å². The Morgan fingerprint density at radius 1 is 1.14 bits per heavy atom. The molecule has 1 nitrogen and oxygen atoms in total. The molecule has 0 aliphatic carbocycles. The van der Waals surface area contributed by atoms with E-state index in [0.29, 0.717) is 5.56 Å². The molecule has 0 N–H and O–H groups in total. The Morgan fingerprint density at radius 2 is 1.76 bits per heavy atom. The summed E-state index contributed by atoms with van der Waals surface area (Å²) in [6.07, 6.45) is -8.40. The van der Waals surface area contributed by atoms with Gasteiger partial charge in [0.2, 0.25) is 11.5 Å². The summed E-state index contributed by atoms with van der Waals surface area (Å²) in [5, 5.41) is -0.261. The van der Waals surface area contributed by atoms with Crippen molar-refractivity contribution in [3.8, 4) is 0 Å². The number of hydrogen-bond donors (Lipinski definition) is 0. The van der Waals surface area contributed by atoms with Crippen LogP contribution in [-0.2, 0) is 0 Å². The molecule has 0 spiro atoms. The molecule has 1 atom stereocenters. The minimum Gasteiger partial charge on any atom is -0.282 e. The van der Waals surface area contributed by atoms with Crippen molar-refractivity contribution < 1.29 is 26.7 Å². The van der Waals surface area contributed by atoms with Crippen LogP contribution in [0.3, 0.4) is 0 Å². The predicted molar refractivity (Wildman–Crippen MR) is 72.9 cm³/mol. The summed E-state index contributed by atoms with van der Waals surface area (Å²) in [5.41, 5.74) is 0.454. The molecule has 0 fully saturated rings. The summed E-state index contributed by atoms with van der Waals surface area (Å²) in [6, 6.07) is 8.31. The Balaban J connectivity index is 2.31. The van der Waals surface area contributed by atoms with Crippen molar-refractivity contribution in [3.63, 3.8) is 0 Å². The summed E-state index contributed by atoms with van der Waals surface area (Å²) < 4.78 is 63.2. The second kappa shape index (κ2) is 8.36. The number of carbonyl (C=O) groups is 1. The van der Waals surface area contributed by atoms with Gasteiger partial charge in [0.1, 0.15) is 0 Å². The maximum Gasteiger partial charge on any atom is 0.278 e. The van der Waals surface area contributed by atoms with Gasteiger partial charge in [-0.05, 0) is 6.42 Å². The molecule has 1 aromatic carbocycles. The first-order valence-electron chi connectivity index (χ1n) is 6.35. The van der Waals surface area contributed by atoms with Gasteiger partial charge in [-0.3, -0.25) is 4.79 Å². The molecule has 0 aliphatic heterocycles. The molecule has 0 aromatic heterocycles. The fraction of sp³-hybridized carbons (Fsp3) is 0.500. The minimum absolute atomic E-state index is 0.0880. The molecule has 0 saturated carbocycles. The van der Waals surface area contributed by atoms with Crippen molar-refractivity contribution >= 4 is 16.9 Å². The monoisotopic (exact) mass is 326 g/mol. The Hall–Kier alpha value is -1.11. The lowest BCUT2D eigenvalue weighted by molar-refractivity contribution is -0.0955. The molecule has 0 heterocycles. The molecule has 0 bridgehead atoms. The number of halogens is 5. The first kappa shape index (κ1) is 17.9. The molecular weight excluding hydrogens is 311 g/mol. The van der Waals surface area contributed by atoms with Gasteiger partial charge in [0.05, 0.1) is 0 Å². The second-order valence-corrected chi connectivity index (χ2v) is 5.53. The Kier molecular flexibility index (Phi) is 7.14. The zero-order chi connectivity index (χ0) is 15.9. The molecule has 1 rings (SSSR count). The third-order valence-corrected chi connectivity index (χ3v) is 3.73. The summed E-state index contributed by atoms with van der Waals surface area (Å²) >= 11 is 0.853. The van der Waals surface area contributed by atoms with Crippen molar-refractivity contribution in [3.05, 3.63) is 35.9 Å². The van der Waals surface area contributed by atoms with E-state index in [1.807, 2.05) is 0 Å². The lowest BCUT2D eigenvalue weighted by atomic mass is 10.1. The van der Waals surface area contributed by atoms with Gasteiger partial charge in [0, 0.05) is 24.2 Å². The molecule has 7 heteroatoms. The van der Waals surface area contributed by atoms with Crippen LogP contribution in [0.2, 0.25) is 0 Å². The van der Waals surface area contributed by atoms with Gasteiger partial charge < -0.3 is 0 Å². The van der Waals surface area contributed by atoms with Crippen molar-refractivity contribution in [2.75, 3.05) is 5.75 Å². The van der Waals surface area contributed by atoms with Crippen molar-refractivity contribution in [1.82, 2.24) is 0 Å². The van der Waals surface area contributed by atoms with Crippen LogP contribution in [0.1, 0.15) is 29.6 Å². The van der Waals surface area contributed by atoms with Gasteiger partial charge in [0.25, 0.3) is 5.92 Å². The first-order valence-corrected chi connectivity index (χ1v) is 7.33. The fourth-order valence-corrected chi connectivity index (χ4v) is 2.39. The van der Waals surface area contributed by atoms with Gasteiger partial charge >= 0.3 is 0 Å². The predicted octanol–water partition coefficient (Wildman–Crippen LogP) is 4.97. The number of thioether (sulfide) groups is 1. The van der Waals surface area contributed by atoms with E-state index in [1.165, 1.54) is 0 Å². The van der Waals surface area contributed by atoms with Crippen LogP contribution in [0.25, 0.3) is 0 Å².